The normalized spacial score (nSPS) is 17.1. The summed E-state index contributed by atoms with van der Waals surface area (Å²) in [6.07, 6.45) is 4.29. The molecule has 0 bridgehead atoms. The molecular formula is C25H26N4O. The number of pyridine rings is 1. The number of nitrogens with one attached hydrogen (secondary N) is 2. The summed E-state index contributed by atoms with van der Waals surface area (Å²) in [4.78, 5) is 18.8. The van der Waals surface area contributed by atoms with E-state index < -0.39 is 0 Å². The van der Waals surface area contributed by atoms with Gasteiger partial charge in [-0.25, -0.2) is 4.79 Å². The number of hydrogen-bond acceptors (Lipinski definition) is 3. The molecule has 2 N–H and O–H groups in total. The van der Waals surface area contributed by atoms with E-state index in [1.165, 1.54) is 11.1 Å². The van der Waals surface area contributed by atoms with Gasteiger partial charge in [-0.2, -0.15) is 0 Å². The number of aromatic nitrogens is 1. The van der Waals surface area contributed by atoms with Gasteiger partial charge in [0.15, 0.2) is 0 Å². The van der Waals surface area contributed by atoms with Crippen LogP contribution in [0.3, 0.4) is 0 Å². The molecule has 30 heavy (non-hydrogen) atoms. The smallest absolute Gasteiger partial charge is 0.319 e. The zero-order valence-corrected chi connectivity index (χ0v) is 17.0. The quantitative estimate of drug-likeness (QED) is 0.666. The standard InChI is InChI=1S/C25H26N4O/c30-25-27-16-22-8-7-21(14-24(22)28-25)19-10-12-29(13-11-19)17-18-6-9-23(26-15-18)20-4-2-1-3-5-20/h1-9,14-15,19H,10-13,16-17H2,(H2,27,28,30). The van der Waals surface area contributed by atoms with Crippen LogP contribution in [0.4, 0.5) is 10.5 Å². The minimum Gasteiger partial charge on any atom is -0.334 e. The number of benzene rings is 2. The van der Waals surface area contributed by atoms with Gasteiger partial charge >= 0.3 is 6.03 Å². The van der Waals surface area contributed by atoms with Gasteiger partial charge in [0, 0.05) is 30.5 Å². The lowest BCUT2D eigenvalue weighted by Gasteiger charge is -2.32. The summed E-state index contributed by atoms with van der Waals surface area (Å²) in [5.74, 6) is 0.553. The number of piperidine rings is 1. The highest BCUT2D eigenvalue weighted by Crippen LogP contribution is 2.32. The van der Waals surface area contributed by atoms with E-state index in [0.29, 0.717) is 12.5 Å². The minimum atomic E-state index is -0.110. The molecule has 1 fully saturated rings. The van der Waals surface area contributed by atoms with Gasteiger partial charge in [0.05, 0.1) is 5.69 Å². The highest BCUT2D eigenvalue weighted by atomic mass is 16.2. The Bertz CT molecular complexity index is 1020. The largest absolute Gasteiger partial charge is 0.334 e. The lowest BCUT2D eigenvalue weighted by molar-refractivity contribution is 0.204. The molecule has 3 heterocycles. The first-order valence-electron chi connectivity index (χ1n) is 10.6. The van der Waals surface area contributed by atoms with Crippen LogP contribution < -0.4 is 10.6 Å². The number of nitrogens with zero attached hydrogens (tertiary/aromatic N) is 2. The van der Waals surface area contributed by atoms with Crippen LogP contribution in [0.1, 0.15) is 35.4 Å². The monoisotopic (exact) mass is 398 g/mol. The number of carbonyl (C=O) groups is 1. The molecule has 0 unspecified atom stereocenters. The Morgan fingerprint density at radius 2 is 1.83 bits per heavy atom. The lowest BCUT2D eigenvalue weighted by atomic mass is 9.88. The van der Waals surface area contributed by atoms with E-state index in [0.717, 1.165) is 55.0 Å². The second kappa shape index (κ2) is 8.28. The molecule has 152 valence electrons. The van der Waals surface area contributed by atoms with Crippen molar-refractivity contribution in [3.63, 3.8) is 0 Å². The third-order valence-corrected chi connectivity index (χ3v) is 6.18. The Kier molecular flexibility index (Phi) is 5.20. The SMILES string of the molecule is O=C1NCc2ccc(C3CCN(Cc4ccc(-c5ccccc5)nc4)CC3)cc2N1. The Labute approximate surface area is 177 Å². The third-order valence-electron chi connectivity index (χ3n) is 6.18. The Hall–Kier alpha value is -3.18. The molecule has 2 aliphatic rings. The molecule has 1 saturated heterocycles. The van der Waals surface area contributed by atoms with Gasteiger partial charge in [-0.05, 0) is 60.7 Å². The fourth-order valence-electron chi connectivity index (χ4n) is 4.44. The van der Waals surface area contributed by atoms with Crippen LogP contribution in [0.25, 0.3) is 11.3 Å². The van der Waals surface area contributed by atoms with Gasteiger partial charge in [-0.1, -0.05) is 48.5 Å². The van der Waals surface area contributed by atoms with E-state index in [2.05, 4.69) is 63.0 Å². The van der Waals surface area contributed by atoms with Crippen molar-refractivity contribution in [2.45, 2.75) is 31.8 Å². The van der Waals surface area contributed by atoms with E-state index in [-0.39, 0.29) is 6.03 Å². The van der Waals surface area contributed by atoms with Crippen molar-refractivity contribution in [2.75, 3.05) is 18.4 Å². The first-order valence-corrected chi connectivity index (χ1v) is 10.6. The van der Waals surface area contributed by atoms with Gasteiger partial charge in [0.1, 0.15) is 0 Å². The van der Waals surface area contributed by atoms with E-state index in [9.17, 15) is 4.79 Å². The topological polar surface area (TPSA) is 57.3 Å². The average Bonchev–Trinajstić information content (AvgIpc) is 2.80. The van der Waals surface area contributed by atoms with Crippen LogP contribution in [0.15, 0.2) is 66.9 Å². The lowest BCUT2D eigenvalue weighted by Crippen LogP contribution is -2.34. The van der Waals surface area contributed by atoms with Crippen LogP contribution >= 0.6 is 0 Å². The van der Waals surface area contributed by atoms with Crippen molar-refractivity contribution in [1.82, 2.24) is 15.2 Å². The molecule has 0 radical (unpaired) electrons. The maximum absolute atomic E-state index is 11.6. The summed E-state index contributed by atoms with van der Waals surface area (Å²) < 4.78 is 0. The summed E-state index contributed by atoms with van der Waals surface area (Å²) in [5, 5.41) is 5.75. The molecule has 0 spiro atoms. The highest BCUT2D eigenvalue weighted by Gasteiger charge is 2.22. The van der Waals surface area contributed by atoms with Crippen molar-refractivity contribution in [3.8, 4) is 11.3 Å². The summed E-state index contributed by atoms with van der Waals surface area (Å²) in [5.41, 5.74) is 6.89. The second-order valence-corrected chi connectivity index (χ2v) is 8.19. The van der Waals surface area contributed by atoms with Crippen LogP contribution in [-0.4, -0.2) is 29.0 Å². The maximum Gasteiger partial charge on any atom is 0.319 e. The zero-order chi connectivity index (χ0) is 20.3. The number of urea groups is 1. The average molecular weight is 399 g/mol. The second-order valence-electron chi connectivity index (χ2n) is 8.19. The van der Waals surface area contributed by atoms with E-state index >= 15 is 0 Å². The number of fused-ring (bicyclic) bond motifs is 1. The predicted molar refractivity (Wildman–Crippen MR) is 119 cm³/mol. The van der Waals surface area contributed by atoms with E-state index in [4.69, 9.17) is 0 Å². The van der Waals surface area contributed by atoms with Gasteiger partial charge in [0.25, 0.3) is 0 Å². The van der Waals surface area contributed by atoms with Crippen molar-refractivity contribution >= 4 is 11.7 Å². The van der Waals surface area contributed by atoms with Crippen molar-refractivity contribution in [3.05, 3.63) is 83.6 Å². The molecule has 0 aliphatic carbocycles. The molecule has 1 aromatic heterocycles. The number of anilines is 1. The third kappa shape index (κ3) is 4.07. The number of amides is 2. The summed E-state index contributed by atoms with van der Waals surface area (Å²) in [7, 11) is 0. The molecule has 2 aliphatic heterocycles. The van der Waals surface area contributed by atoms with Crippen LogP contribution in [0, 0.1) is 0 Å². The summed E-state index contributed by atoms with van der Waals surface area (Å²) in [6.45, 7) is 3.71. The fraction of sp³-hybridized carbons (Fsp3) is 0.280. The Morgan fingerprint density at radius 1 is 1.00 bits per heavy atom. The fourth-order valence-corrected chi connectivity index (χ4v) is 4.44. The first-order chi connectivity index (χ1) is 14.7. The number of rotatable bonds is 4. The highest BCUT2D eigenvalue weighted by molar-refractivity contribution is 5.92. The van der Waals surface area contributed by atoms with Crippen molar-refractivity contribution in [1.29, 1.82) is 0 Å². The maximum atomic E-state index is 11.6. The minimum absolute atomic E-state index is 0.110. The van der Waals surface area contributed by atoms with Gasteiger partial charge < -0.3 is 10.6 Å². The van der Waals surface area contributed by atoms with E-state index in [1.54, 1.807) is 0 Å². The summed E-state index contributed by atoms with van der Waals surface area (Å²) >= 11 is 0. The number of hydrogen-bond donors (Lipinski definition) is 2. The Morgan fingerprint density at radius 3 is 2.60 bits per heavy atom. The Balaban J connectivity index is 1.18. The van der Waals surface area contributed by atoms with Crippen molar-refractivity contribution in [2.24, 2.45) is 0 Å². The van der Waals surface area contributed by atoms with Crippen LogP contribution in [0.2, 0.25) is 0 Å². The molecule has 5 heteroatoms. The van der Waals surface area contributed by atoms with Gasteiger partial charge in [-0.3, -0.25) is 9.88 Å². The number of carbonyl (C=O) groups excluding carboxylic acids is 1. The predicted octanol–water partition coefficient (Wildman–Crippen LogP) is 4.76. The van der Waals surface area contributed by atoms with Gasteiger partial charge in [0.2, 0.25) is 0 Å². The van der Waals surface area contributed by atoms with Crippen LogP contribution in [0.5, 0.6) is 0 Å². The number of likely N-dealkylation sites (tertiary alicyclic amines) is 1. The summed E-state index contributed by atoms with van der Waals surface area (Å²) in [6, 6.07) is 21.0. The zero-order valence-electron chi connectivity index (χ0n) is 17.0. The molecule has 5 rings (SSSR count). The molecule has 2 aromatic carbocycles. The van der Waals surface area contributed by atoms with Crippen LogP contribution in [-0.2, 0) is 13.1 Å². The van der Waals surface area contributed by atoms with Crippen molar-refractivity contribution < 1.29 is 4.79 Å². The van der Waals surface area contributed by atoms with E-state index in [1.807, 2.05) is 24.4 Å². The molecule has 2 amide bonds. The molecule has 0 atom stereocenters. The first kappa shape index (κ1) is 18.8. The molecule has 0 saturated carbocycles. The molecule has 5 nitrogen and oxygen atoms in total. The molecule has 3 aromatic rings. The van der Waals surface area contributed by atoms with Gasteiger partial charge in [-0.15, -0.1) is 0 Å². The molecular weight excluding hydrogens is 372 g/mol.